The molecule has 8 heteroatoms. The van der Waals surface area contributed by atoms with Gasteiger partial charge in [-0.2, -0.15) is 0 Å². The molecule has 3 aromatic rings. The third-order valence-electron chi connectivity index (χ3n) is 4.90. The SMILES string of the molecule is Cc1cc(-c2cnc(C)nc2C2CCCN(C(=O)c3ccc(Cl)nc3)C2)on1. The molecule has 7 nitrogen and oxygen atoms in total. The molecule has 0 aromatic carbocycles. The number of piperidine rings is 1. The molecule has 1 unspecified atom stereocenters. The first-order chi connectivity index (χ1) is 13.5. The molecule has 144 valence electrons. The number of carbonyl (C=O) groups is 1. The van der Waals surface area contributed by atoms with Crippen LogP contribution in [0.5, 0.6) is 0 Å². The lowest BCUT2D eigenvalue weighted by molar-refractivity contribution is 0.0705. The summed E-state index contributed by atoms with van der Waals surface area (Å²) in [5.41, 5.74) is 3.07. The van der Waals surface area contributed by atoms with Crippen molar-refractivity contribution >= 4 is 17.5 Å². The van der Waals surface area contributed by atoms with Gasteiger partial charge in [-0.05, 0) is 38.8 Å². The standard InChI is InChI=1S/C20H20ClN5O2/c1-12-8-17(28-25-12)16-10-22-13(2)24-19(16)15-4-3-7-26(11-15)20(27)14-5-6-18(21)23-9-14/h5-6,8-10,15H,3-4,7,11H2,1-2H3. The van der Waals surface area contributed by atoms with E-state index in [1.807, 2.05) is 24.8 Å². The fraction of sp³-hybridized carbons (Fsp3) is 0.350. The fourth-order valence-electron chi connectivity index (χ4n) is 3.55. The molecule has 1 fully saturated rings. The van der Waals surface area contributed by atoms with E-state index in [9.17, 15) is 4.79 Å². The number of halogens is 1. The van der Waals surface area contributed by atoms with Crippen molar-refractivity contribution < 1.29 is 9.32 Å². The van der Waals surface area contributed by atoms with Gasteiger partial charge in [-0.25, -0.2) is 15.0 Å². The molecule has 0 spiro atoms. The Morgan fingerprint density at radius 2 is 2.11 bits per heavy atom. The second-order valence-electron chi connectivity index (χ2n) is 7.01. The number of amides is 1. The molecule has 0 saturated carbocycles. The fourth-order valence-corrected chi connectivity index (χ4v) is 3.66. The van der Waals surface area contributed by atoms with Crippen LogP contribution in [0, 0.1) is 13.8 Å². The van der Waals surface area contributed by atoms with Gasteiger partial charge in [0.05, 0.1) is 22.5 Å². The van der Waals surface area contributed by atoms with Crippen LogP contribution >= 0.6 is 11.6 Å². The van der Waals surface area contributed by atoms with Crippen LogP contribution in [-0.2, 0) is 0 Å². The number of carbonyl (C=O) groups excluding carboxylic acids is 1. The number of hydrogen-bond donors (Lipinski definition) is 0. The zero-order valence-electron chi connectivity index (χ0n) is 15.7. The molecule has 1 aliphatic rings. The van der Waals surface area contributed by atoms with Crippen LogP contribution in [0.25, 0.3) is 11.3 Å². The van der Waals surface area contributed by atoms with Crippen molar-refractivity contribution in [3.63, 3.8) is 0 Å². The largest absolute Gasteiger partial charge is 0.356 e. The van der Waals surface area contributed by atoms with Crippen LogP contribution in [-0.4, -0.2) is 44.0 Å². The van der Waals surface area contributed by atoms with Crippen LogP contribution in [0.3, 0.4) is 0 Å². The van der Waals surface area contributed by atoms with Gasteiger partial charge in [0.15, 0.2) is 5.76 Å². The van der Waals surface area contributed by atoms with Gasteiger partial charge in [0.25, 0.3) is 5.91 Å². The van der Waals surface area contributed by atoms with E-state index < -0.39 is 0 Å². The summed E-state index contributed by atoms with van der Waals surface area (Å²) in [4.78, 5) is 27.8. The molecule has 0 radical (unpaired) electrons. The maximum absolute atomic E-state index is 12.9. The maximum Gasteiger partial charge on any atom is 0.255 e. The van der Waals surface area contributed by atoms with Crippen molar-refractivity contribution in [3.8, 4) is 11.3 Å². The quantitative estimate of drug-likeness (QED) is 0.624. The summed E-state index contributed by atoms with van der Waals surface area (Å²) in [6.07, 6.45) is 5.14. The van der Waals surface area contributed by atoms with Gasteiger partial charge in [0.1, 0.15) is 11.0 Å². The molecule has 3 aromatic heterocycles. The molecule has 0 N–H and O–H groups in total. The normalized spacial score (nSPS) is 17.0. The summed E-state index contributed by atoms with van der Waals surface area (Å²) in [7, 11) is 0. The second-order valence-corrected chi connectivity index (χ2v) is 7.40. The Morgan fingerprint density at radius 1 is 1.25 bits per heavy atom. The number of aromatic nitrogens is 4. The summed E-state index contributed by atoms with van der Waals surface area (Å²) < 4.78 is 5.45. The molecule has 4 rings (SSSR count). The van der Waals surface area contributed by atoms with Crippen LogP contribution in [0.2, 0.25) is 5.15 Å². The van der Waals surface area contributed by atoms with E-state index in [0.29, 0.717) is 35.4 Å². The van der Waals surface area contributed by atoms with E-state index in [1.54, 1.807) is 18.3 Å². The Kier molecular flexibility index (Phi) is 5.09. The van der Waals surface area contributed by atoms with E-state index in [1.165, 1.54) is 6.20 Å². The minimum absolute atomic E-state index is 0.0447. The summed E-state index contributed by atoms with van der Waals surface area (Å²) >= 11 is 5.83. The van der Waals surface area contributed by atoms with E-state index >= 15 is 0 Å². The van der Waals surface area contributed by atoms with E-state index in [0.717, 1.165) is 29.8 Å². The Labute approximate surface area is 167 Å². The minimum Gasteiger partial charge on any atom is -0.356 e. The highest BCUT2D eigenvalue weighted by Gasteiger charge is 2.29. The molecular weight excluding hydrogens is 378 g/mol. The number of likely N-dealkylation sites (tertiary alicyclic amines) is 1. The number of nitrogens with zero attached hydrogens (tertiary/aromatic N) is 5. The Bertz CT molecular complexity index is 1000. The number of pyridine rings is 1. The number of aryl methyl sites for hydroxylation is 2. The molecule has 1 aliphatic heterocycles. The lowest BCUT2D eigenvalue weighted by Gasteiger charge is -2.33. The van der Waals surface area contributed by atoms with Crippen molar-refractivity contribution in [2.75, 3.05) is 13.1 Å². The number of hydrogen-bond acceptors (Lipinski definition) is 6. The molecule has 1 atom stereocenters. The summed E-state index contributed by atoms with van der Waals surface area (Å²) in [6, 6.07) is 5.22. The van der Waals surface area contributed by atoms with Crippen LogP contribution in [0.15, 0.2) is 35.1 Å². The summed E-state index contributed by atoms with van der Waals surface area (Å²) in [5, 5.41) is 4.35. The van der Waals surface area contributed by atoms with Gasteiger partial charge >= 0.3 is 0 Å². The minimum atomic E-state index is -0.0447. The first-order valence-electron chi connectivity index (χ1n) is 9.19. The highest BCUT2D eigenvalue weighted by atomic mass is 35.5. The van der Waals surface area contributed by atoms with Gasteiger partial charge < -0.3 is 9.42 Å². The average Bonchev–Trinajstić information content (AvgIpc) is 3.14. The smallest absolute Gasteiger partial charge is 0.255 e. The Balaban J connectivity index is 1.62. The first kappa shape index (κ1) is 18.6. The Morgan fingerprint density at radius 3 is 2.82 bits per heavy atom. The second kappa shape index (κ2) is 7.67. The third-order valence-corrected chi connectivity index (χ3v) is 5.13. The molecule has 1 saturated heterocycles. The highest BCUT2D eigenvalue weighted by molar-refractivity contribution is 6.29. The van der Waals surface area contributed by atoms with Crippen molar-refractivity contribution in [2.45, 2.75) is 32.6 Å². The molecule has 0 aliphatic carbocycles. The van der Waals surface area contributed by atoms with Crippen LogP contribution in [0.4, 0.5) is 0 Å². The maximum atomic E-state index is 12.9. The molecular formula is C20H20ClN5O2. The van der Waals surface area contributed by atoms with Gasteiger partial charge in [0.2, 0.25) is 0 Å². The lowest BCUT2D eigenvalue weighted by Crippen LogP contribution is -2.39. The third kappa shape index (κ3) is 3.75. The van der Waals surface area contributed by atoms with Gasteiger partial charge in [-0.15, -0.1) is 0 Å². The molecule has 4 heterocycles. The van der Waals surface area contributed by atoms with Gasteiger partial charge in [-0.3, -0.25) is 4.79 Å². The van der Waals surface area contributed by atoms with Crippen LogP contribution < -0.4 is 0 Å². The summed E-state index contributed by atoms with van der Waals surface area (Å²) in [5.74, 6) is 1.40. The van der Waals surface area contributed by atoms with Crippen molar-refractivity contribution in [1.82, 2.24) is 25.0 Å². The predicted octanol–water partition coefficient (Wildman–Crippen LogP) is 3.82. The number of rotatable bonds is 3. The summed E-state index contributed by atoms with van der Waals surface area (Å²) in [6.45, 7) is 5.03. The van der Waals surface area contributed by atoms with Crippen molar-refractivity contribution in [3.05, 3.63) is 58.5 Å². The monoisotopic (exact) mass is 397 g/mol. The lowest BCUT2D eigenvalue weighted by atomic mass is 9.91. The highest BCUT2D eigenvalue weighted by Crippen LogP contribution is 2.33. The predicted molar refractivity (Wildman–Crippen MR) is 104 cm³/mol. The van der Waals surface area contributed by atoms with Crippen molar-refractivity contribution in [2.24, 2.45) is 0 Å². The molecule has 28 heavy (non-hydrogen) atoms. The zero-order chi connectivity index (χ0) is 19.7. The van der Waals surface area contributed by atoms with Crippen molar-refractivity contribution in [1.29, 1.82) is 0 Å². The topological polar surface area (TPSA) is 85.0 Å². The first-order valence-corrected chi connectivity index (χ1v) is 9.57. The van der Waals surface area contributed by atoms with E-state index in [4.69, 9.17) is 21.1 Å². The van der Waals surface area contributed by atoms with Crippen LogP contribution in [0.1, 0.15) is 46.3 Å². The zero-order valence-corrected chi connectivity index (χ0v) is 16.5. The van der Waals surface area contributed by atoms with Gasteiger partial charge in [-0.1, -0.05) is 16.8 Å². The van der Waals surface area contributed by atoms with E-state index in [2.05, 4.69) is 15.1 Å². The average molecular weight is 398 g/mol. The Hall–Kier alpha value is -2.80. The van der Waals surface area contributed by atoms with Gasteiger partial charge in [0, 0.05) is 37.5 Å². The molecule has 0 bridgehead atoms. The molecule has 1 amide bonds. The van der Waals surface area contributed by atoms with E-state index in [-0.39, 0.29) is 11.8 Å².